The normalized spacial score (nSPS) is 12.4. The van der Waals surface area contributed by atoms with Crippen LogP contribution in [0.4, 0.5) is 4.39 Å². The summed E-state index contributed by atoms with van der Waals surface area (Å²) in [7, 11) is 0. The molecule has 0 aliphatic rings. The first-order chi connectivity index (χ1) is 7.13. The first-order valence-corrected chi connectivity index (χ1v) is 4.45. The Morgan fingerprint density at radius 3 is 2.47 bits per heavy atom. The molecule has 5 heteroatoms. The van der Waals surface area contributed by atoms with E-state index in [1.54, 1.807) is 12.1 Å². The highest BCUT2D eigenvalue weighted by atomic mass is 19.1. The highest BCUT2D eigenvalue weighted by Gasteiger charge is 2.14. The molecule has 0 spiro atoms. The Morgan fingerprint density at radius 2 is 2.00 bits per heavy atom. The van der Waals surface area contributed by atoms with Crippen molar-refractivity contribution >= 4 is 5.97 Å². The largest absolute Gasteiger partial charge is 0.480 e. The summed E-state index contributed by atoms with van der Waals surface area (Å²) in [4.78, 5) is 10.5. The van der Waals surface area contributed by atoms with Gasteiger partial charge in [0.15, 0.2) is 0 Å². The van der Waals surface area contributed by atoms with Crippen LogP contribution in [0.25, 0.3) is 0 Å². The van der Waals surface area contributed by atoms with Gasteiger partial charge in [-0.05, 0) is 17.7 Å². The molecule has 0 heterocycles. The van der Waals surface area contributed by atoms with Crippen molar-refractivity contribution in [2.45, 2.75) is 12.6 Å². The molecule has 0 radical (unpaired) electrons. The summed E-state index contributed by atoms with van der Waals surface area (Å²) in [6.07, 6.45) is 0. The summed E-state index contributed by atoms with van der Waals surface area (Å²) in [6.45, 7) is -0.200. The minimum atomic E-state index is -1.11. The number of halogens is 1. The van der Waals surface area contributed by atoms with Gasteiger partial charge in [-0.25, -0.2) is 4.39 Å². The maximum atomic E-state index is 12.5. The molecule has 0 amide bonds. The van der Waals surface area contributed by atoms with Gasteiger partial charge in [0.05, 0.1) is 6.61 Å². The Morgan fingerprint density at radius 1 is 1.40 bits per heavy atom. The third-order valence-electron chi connectivity index (χ3n) is 1.95. The van der Waals surface area contributed by atoms with Gasteiger partial charge in [0.25, 0.3) is 0 Å². The minimum absolute atomic E-state index is 0.276. The van der Waals surface area contributed by atoms with Gasteiger partial charge < -0.3 is 10.2 Å². The molecule has 1 aromatic carbocycles. The van der Waals surface area contributed by atoms with Crippen LogP contribution < -0.4 is 5.32 Å². The van der Waals surface area contributed by atoms with Crippen LogP contribution in [0.15, 0.2) is 24.3 Å². The fourth-order valence-corrected chi connectivity index (χ4v) is 1.07. The SMILES string of the molecule is O=C(O)[C@@H](CO)NCc1ccc(F)cc1. The molecule has 15 heavy (non-hydrogen) atoms. The molecular weight excluding hydrogens is 201 g/mol. The molecule has 0 aliphatic heterocycles. The number of aliphatic hydroxyl groups excluding tert-OH is 1. The van der Waals surface area contributed by atoms with Crippen molar-refractivity contribution in [2.24, 2.45) is 0 Å². The Bertz CT molecular complexity index is 326. The standard InChI is InChI=1S/C10H12FNO3/c11-8-3-1-7(2-4-8)5-12-9(6-13)10(14)15/h1-4,9,12-13H,5-6H2,(H,14,15)/t9-/m1/s1. The van der Waals surface area contributed by atoms with E-state index in [1.807, 2.05) is 0 Å². The lowest BCUT2D eigenvalue weighted by molar-refractivity contribution is -0.140. The monoisotopic (exact) mass is 213 g/mol. The maximum absolute atomic E-state index is 12.5. The molecule has 0 bridgehead atoms. The summed E-state index contributed by atoms with van der Waals surface area (Å²) in [5.41, 5.74) is 0.760. The molecule has 82 valence electrons. The predicted molar refractivity (Wildman–Crippen MR) is 51.7 cm³/mol. The van der Waals surface area contributed by atoms with Crippen LogP contribution in [-0.2, 0) is 11.3 Å². The fourth-order valence-electron chi connectivity index (χ4n) is 1.07. The van der Waals surface area contributed by atoms with E-state index < -0.39 is 18.6 Å². The number of carboxylic acid groups (broad SMARTS) is 1. The second-order valence-corrected chi connectivity index (χ2v) is 3.08. The van der Waals surface area contributed by atoms with Gasteiger partial charge >= 0.3 is 5.97 Å². The van der Waals surface area contributed by atoms with Crippen LogP contribution in [0, 0.1) is 5.82 Å². The number of hydrogen-bond acceptors (Lipinski definition) is 3. The lowest BCUT2D eigenvalue weighted by Crippen LogP contribution is -2.39. The van der Waals surface area contributed by atoms with Crippen LogP contribution in [0.1, 0.15) is 5.56 Å². The molecule has 0 aliphatic carbocycles. The first-order valence-electron chi connectivity index (χ1n) is 4.45. The van der Waals surface area contributed by atoms with Crippen LogP contribution in [0.5, 0.6) is 0 Å². The lowest BCUT2D eigenvalue weighted by atomic mass is 10.2. The Labute approximate surface area is 86.4 Å². The number of carboxylic acids is 1. The van der Waals surface area contributed by atoms with Crippen molar-refractivity contribution in [2.75, 3.05) is 6.61 Å². The number of rotatable bonds is 5. The van der Waals surface area contributed by atoms with Crippen LogP contribution in [-0.4, -0.2) is 28.8 Å². The molecule has 0 saturated heterocycles. The molecule has 0 unspecified atom stereocenters. The molecule has 0 saturated carbocycles. The third-order valence-corrected chi connectivity index (χ3v) is 1.95. The number of aliphatic carboxylic acids is 1. The summed E-state index contributed by atoms with van der Waals surface area (Å²) in [5, 5.41) is 20.0. The summed E-state index contributed by atoms with van der Waals surface area (Å²) < 4.78 is 12.5. The van der Waals surface area contributed by atoms with Crippen LogP contribution >= 0.6 is 0 Å². The molecule has 1 rings (SSSR count). The number of hydrogen-bond donors (Lipinski definition) is 3. The summed E-state index contributed by atoms with van der Waals surface area (Å²) in [6, 6.07) is 4.71. The first kappa shape index (κ1) is 11.6. The van der Waals surface area contributed by atoms with Crippen molar-refractivity contribution in [1.29, 1.82) is 0 Å². The van der Waals surface area contributed by atoms with Gasteiger partial charge in [-0.15, -0.1) is 0 Å². The Balaban J connectivity index is 2.49. The van der Waals surface area contributed by atoms with Crippen molar-refractivity contribution in [3.8, 4) is 0 Å². The summed E-state index contributed by atoms with van der Waals surface area (Å²) >= 11 is 0. The molecule has 0 fully saturated rings. The van der Waals surface area contributed by atoms with Gasteiger partial charge in [-0.1, -0.05) is 12.1 Å². The van der Waals surface area contributed by atoms with Gasteiger partial charge in [0.2, 0.25) is 0 Å². The van der Waals surface area contributed by atoms with Gasteiger partial charge in [-0.2, -0.15) is 0 Å². The van der Waals surface area contributed by atoms with E-state index in [9.17, 15) is 9.18 Å². The zero-order chi connectivity index (χ0) is 11.3. The maximum Gasteiger partial charge on any atom is 0.323 e. The van der Waals surface area contributed by atoms with Crippen molar-refractivity contribution in [3.63, 3.8) is 0 Å². The fraction of sp³-hybridized carbons (Fsp3) is 0.300. The quantitative estimate of drug-likeness (QED) is 0.660. The van der Waals surface area contributed by atoms with Gasteiger partial charge in [0, 0.05) is 6.54 Å². The average molecular weight is 213 g/mol. The third kappa shape index (κ3) is 3.65. The van der Waals surface area contributed by atoms with E-state index >= 15 is 0 Å². The highest BCUT2D eigenvalue weighted by molar-refractivity contribution is 5.73. The molecule has 1 aromatic rings. The predicted octanol–water partition coefficient (Wildman–Crippen LogP) is 0.361. The number of carbonyl (C=O) groups is 1. The molecule has 0 aromatic heterocycles. The molecule has 1 atom stereocenters. The Kier molecular flexibility index (Phi) is 4.20. The second kappa shape index (κ2) is 5.43. The van der Waals surface area contributed by atoms with Gasteiger partial charge in [-0.3, -0.25) is 10.1 Å². The number of aliphatic hydroxyl groups is 1. The average Bonchev–Trinajstić information content (AvgIpc) is 2.21. The van der Waals surface area contributed by atoms with Crippen molar-refractivity contribution in [1.82, 2.24) is 5.32 Å². The second-order valence-electron chi connectivity index (χ2n) is 3.08. The zero-order valence-electron chi connectivity index (χ0n) is 7.98. The topological polar surface area (TPSA) is 69.6 Å². The van der Waals surface area contributed by atoms with Crippen molar-refractivity contribution < 1.29 is 19.4 Å². The van der Waals surface area contributed by atoms with Gasteiger partial charge in [0.1, 0.15) is 11.9 Å². The minimum Gasteiger partial charge on any atom is -0.480 e. The highest BCUT2D eigenvalue weighted by Crippen LogP contribution is 2.02. The van der Waals surface area contributed by atoms with E-state index in [-0.39, 0.29) is 12.4 Å². The molecular formula is C10H12FNO3. The van der Waals surface area contributed by atoms with Crippen molar-refractivity contribution in [3.05, 3.63) is 35.6 Å². The zero-order valence-corrected chi connectivity index (χ0v) is 7.98. The smallest absolute Gasteiger partial charge is 0.323 e. The van der Waals surface area contributed by atoms with E-state index in [2.05, 4.69) is 5.32 Å². The van der Waals surface area contributed by atoms with Crippen LogP contribution in [0.3, 0.4) is 0 Å². The molecule has 3 N–H and O–H groups in total. The van der Waals surface area contributed by atoms with E-state index in [0.717, 1.165) is 5.56 Å². The summed E-state index contributed by atoms with van der Waals surface area (Å²) in [5.74, 6) is -1.45. The van der Waals surface area contributed by atoms with Crippen LogP contribution in [0.2, 0.25) is 0 Å². The Hall–Kier alpha value is -1.46. The number of nitrogens with one attached hydrogen (secondary N) is 1. The number of benzene rings is 1. The lowest BCUT2D eigenvalue weighted by Gasteiger charge is -2.11. The van der Waals surface area contributed by atoms with E-state index in [0.29, 0.717) is 0 Å². The molecule has 4 nitrogen and oxygen atoms in total. The van der Waals surface area contributed by atoms with E-state index in [1.165, 1.54) is 12.1 Å². The van der Waals surface area contributed by atoms with E-state index in [4.69, 9.17) is 10.2 Å².